The van der Waals surface area contributed by atoms with E-state index in [9.17, 15) is 9.59 Å². The summed E-state index contributed by atoms with van der Waals surface area (Å²) in [6, 6.07) is 3.68. The van der Waals surface area contributed by atoms with Crippen molar-refractivity contribution in [3.8, 4) is 0 Å². The number of rotatable bonds is 7. The number of carbonyl (C=O) groups excluding carboxylic acids is 2. The van der Waals surface area contributed by atoms with Crippen molar-refractivity contribution in [2.75, 3.05) is 13.2 Å². The maximum absolute atomic E-state index is 12.8. The summed E-state index contributed by atoms with van der Waals surface area (Å²) in [5.74, 6) is -0.343. The van der Waals surface area contributed by atoms with Crippen LogP contribution in [0, 0.1) is 20.8 Å². The van der Waals surface area contributed by atoms with Gasteiger partial charge in [0, 0.05) is 6.54 Å². The molecular weight excluding hydrogens is 290 g/mol. The van der Waals surface area contributed by atoms with Gasteiger partial charge in [-0.25, -0.2) is 4.79 Å². The van der Waals surface area contributed by atoms with Gasteiger partial charge in [-0.1, -0.05) is 24.6 Å². The highest BCUT2D eigenvalue weighted by Crippen LogP contribution is 2.19. The Labute approximate surface area is 139 Å². The van der Waals surface area contributed by atoms with Crippen molar-refractivity contribution in [2.24, 2.45) is 0 Å². The maximum Gasteiger partial charge on any atom is 0.328 e. The van der Waals surface area contributed by atoms with Gasteiger partial charge in [0.2, 0.25) is 5.91 Å². The van der Waals surface area contributed by atoms with Gasteiger partial charge in [-0.05, 0) is 57.7 Å². The van der Waals surface area contributed by atoms with E-state index in [-0.39, 0.29) is 11.9 Å². The van der Waals surface area contributed by atoms with E-state index in [2.05, 4.69) is 19.1 Å². The first-order valence-corrected chi connectivity index (χ1v) is 8.38. The number of carbonyl (C=O) groups is 2. The van der Waals surface area contributed by atoms with Gasteiger partial charge < -0.3 is 9.64 Å². The molecule has 0 bridgehead atoms. The van der Waals surface area contributed by atoms with E-state index < -0.39 is 6.04 Å². The van der Waals surface area contributed by atoms with Crippen LogP contribution in [0.15, 0.2) is 12.1 Å². The molecule has 1 aromatic rings. The molecule has 0 fully saturated rings. The minimum Gasteiger partial charge on any atom is -0.464 e. The molecule has 0 N–H and O–H groups in total. The van der Waals surface area contributed by atoms with Crippen molar-refractivity contribution in [3.63, 3.8) is 0 Å². The summed E-state index contributed by atoms with van der Waals surface area (Å²) in [4.78, 5) is 26.5. The van der Waals surface area contributed by atoms with Crippen molar-refractivity contribution >= 4 is 11.9 Å². The van der Waals surface area contributed by atoms with Crippen molar-refractivity contribution in [2.45, 2.75) is 60.4 Å². The normalized spacial score (nSPS) is 11.9. The Bertz CT molecular complexity index is 543. The predicted octanol–water partition coefficient (Wildman–Crippen LogP) is 3.34. The molecule has 128 valence electrons. The summed E-state index contributed by atoms with van der Waals surface area (Å²) < 4.78 is 5.11. The van der Waals surface area contributed by atoms with Gasteiger partial charge >= 0.3 is 5.97 Å². The smallest absolute Gasteiger partial charge is 0.328 e. The number of hydrogen-bond acceptors (Lipinski definition) is 3. The third kappa shape index (κ3) is 4.81. The van der Waals surface area contributed by atoms with E-state index in [1.807, 2.05) is 27.7 Å². The van der Waals surface area contributed by atoms with Crippen LogP contribution in [0.1, 0.15) is 49.4 Å². The van der Waals surface area contributed by atoms with Crippen molar-refractivity contribution in [3.05, 3.63) is 34.4 Å². The second-order valence-corrected chi connectivity index (χ2v) is 5.91. The minimum absolute atomic E-state index is 0.0255. The monoisotopic (exact) mass is 319 g/mol. The van der Waals surface area contributed by atoms with Crippen LogP contribution in [0.3, 0.4) is 0 Å². The molecule has 0 aliphatic carbocycles. The molecule has 4 nitrogen and oxygen atoms in total. The van der Waals surface area contributed by atoms with E-state index in [4.69, 9.17) is 4.74 Å². The van der Waals surface area contributed by atoms with E-state index in [1.54, 1.807) is 11.8 Å². The molecule has 0 saturated heterocycles. The fourth-order valence-corrected chi connectivity index (χ4v) is 3.06. The number of amides is 1. The lowest BCUT2D eigenvalue weighted by molar-refractivity contribution is -0.154. The molecule has 0 radical (unpaired) electrons. The molecule has 1 unspecified atom stereocenters. The Hall–Kier alpha value is -1.84. The maximum atomic E-state index is 12.8. The fourth-order valence-electron chi connectivity index (χ4n) is 3.06. The highest BCUT2D eigenvalue weighted by molar-refractivity contribution is 5.86. The van der Waals surface area contributed by atoms with Crippen molar-refractivity contribution in [1.82, 2.24) is 4.90 Å². The van der Waals surface area contributed by atoms with Crippen LogP contribution in [-0.2, 0) is 20.7 Å². The highest BCUT2D eigenvalue weighted by Gasteiger charge is 2.28. The van der Waals surface area contributed by atoms with Gasteiger partial charge in [0.25, 0.3) is 0 Å². The molecule has 4 heteroatoms. The molecular formula is C19H29NO3. The molecule has 1 atom stereocenters. The van der Waals surface area contributed by atoms with Crippen LogP contribution in [0.5, 0.6) is 0 Å². The Kier molecular flexibility index (Phi) is 7.27. The zero-order chi connectivity index (χ0) is 17.6. The van der Waals surface area contributed by atoms with E-state index in [0.717, 1.165) is 16.7 Å². The molecule has 1 rings (SSSR count). The van der Waals surface area contributed by atoms with Gasteiger partial charge in [0.05, 0.1) is 13.0 Å². The SMILES string of the molecule is CCOC(=O)C(CC)N(CC)C(=O)Cc1c(C)cc(C)cc1C. The Morgan fingerprint density at radius 1 is 1.09 bits per heavy atom. The Balaban J connectivity index is 2.99. The average molecular weight is 319 g/mol. The van der Waals surface area contributed by atoms with Crippen LogP contribution in [-0.4, -0.2) is 36.0 Å². The average Bonchev–Trinajstić information content (AvgIpc) is 2.48. The fraction of sp³-hybridized carbons (Fsp3) is 0.579. The topological polar surface area (TPSA) is 46.6 Å². The Morgan fingerprint density at radius 2 is 1.65 bits per heavy atom. The highest BCUT2D eigenvalue weighted by atomic mass is 16.5. The minimum atomic E-state index is -0.501. The molecule has 0 aliphatic heterocycles. The Morgan fingerprint density at radius 3 is 2.09 bits per heavy atom. The molecule has 0 heterocycles. The molecule has 0 aliphatic rings. The third-order valence-electron chi connectivity index (χ3n) is 4.15. The van der Waals surface area contributed by atoms with Gasteiger partial charge in [0.1, 0.15) is 6.04 Å². The van der Waals surface area contributed by atoms with Crippen LogP contribution in [0.25, 0.3) is 0 Å². The van der Waals surface area contributed by atoms with Gasteiger partial charge in [0.15, 0.2) is 0 Å². The number of aryl methyl sites for hydroxylation is 3. The summed E-state index contributed by atoms with van der Waals surface area (Å²) in [5.41, 5.74) is 4.49. The first-order chi connectivity index (χ1) is 10.8. The first-order valence-electron chi connectivity index (χ1n) is 8.38. The molecule has 0 spiro atoms. The summed E-state index contributed by atoms with van der Waals surface area (Å²) in [5, 5.41) is 0. The first kappa shape index (κ1) is 19.2. The third-order valence-corrected chi connectivity index (χ3v) is 4.15. The van der Waals surface area contributed by atoms with Crippen LogP contribution in [0.2, 0.25) is 0 Å². The van der Waals surface area contributed by atoms with Gasteiger partial charge in [-0.2, -0.15) is 0 Å². The largest absolute Gasteiger partial charge is 0.464 e. The lowest BCUT2D eigenvalue weighted by Crippen LogP contribution is -2.46. The summed E-state index contributed by atoms with van der Waals surface area (Å²) in [7, 11) is 0. The quantitative estimate of drug-likeness (QED) is 0.724. The number of benzene rings is 1. The summed E-state index contributed by atoms with van der Waals surface area (Å²) in [6.45, 7) is 12.5. The van der Waals surface area contributed by atoms with Gasteiger partial charge in [-0.3, -0.25) is 4.79 Å². The van der Waals surface area contributed by atoms with E-state index in [1.165, 1.54) is 5.56 Å². The van der Waals surface area contributed by atoms with E-state index >= 15 is 0 Å². The lowest BCUT2D eigenvalue weighted by atomic mass is 9.96. The number of hydrogen-bond donors (Lipinski definition) is 0. The van der Waals surface area contributed by atoms with Gasteiger partial charge in [-0.15, -0.1) is 0 Å². The molecule has 1 aromatic carbocycles. The standard InChI is InChI=1S/C19H29NO3/c1-7-17(19(22)23-9-3)20(8-2)18(21)12-16-14(5)10-13(4)11-15(16)6/h10-11,17H,7-9,12H2,1-6H3. The number of esters is 1. The van der Waals surface area contributed by atoms with Crippen molar-refractivity contribution < 1.29 is 14.3 Å². The molecule has 0 saturated carbocycles. The number of likely N-dealkylation sites (N-methyl/N-ethyl adjacent to an activating group) is 1. The second kappa shape index (κ2) is 8.70. The molecule has 0 aromatic heterocycles. The molecule has 1 amide bonds. The summed E-state index contributed by atoms with van der Waals surface area (Å²) in [6.07, 6.45) is 0.881. The summed E-state index contributed by atoms with van der Waals surface area (Å²) >= 11 is 0. The zero-order valence-corrected chi connectivity index (χ0v) is 15.2. The van der Waals surface area contributed by atoms with Crippen molar-refractivity contribution in [1.29, 1.82) is 0 Å². The van der Waals surface area contributed by atoms with Crippen LogP contribution in [0.4, 0.5) is 0 Å². The zero-order valence-electron chi connectivity index (χ0n) is 15.2. The predicted molar refractivity (Wildman–Crippen MR) is 92.5 cm³/mol. The second-order valence-electron chi connectivity index (χ2n) is 5.91. The lowest BCUT2D eigenvalue weighted by Gasteiger charge is -2.29. The van der Waals surface area contributed by atoms with Crippen LogP contribution < -0.4 is 0 Å². The number of ether oxygens (including phenoxy) is 1. The van der Waals surface area contributed by atoms with Crippen LogP contribution >= 0.6 is 0 Å². The molecule has 23 heavy (non-hydrogen) atoms. The number of nitrogens with zero attached hydrogens (tertiary/aromatic N) is 1. The van der Waals surface area contributed by atoms with E-state index in [0.29, 0.717) is 26.0 Å².